The summed E-state index contributed by atoms with van der Waals surface area (Å²) in [5.74, 6) is -0.323. The number of carbonyl (C=O) groups is 1. The van der Waals surface area contributed by atoms with Gasteiger partial charge in [0.05, 0.1) is 6.10 Å². The van der Waals surface area contributed by atoms with E-state index in [1.165, 1.54) is 6.92 Å². The Hall–Kier alpha value is -0.880. The van der Waals surface area contributed by atoms with Crippen molar-refractivity contribution in [1.82, 2.24) is 0 Å². The largest absolute Gasteiger partial charge is 0.417 e. The fourth-order valence-electron chi connectivity index (χ4n) is 7.16. The smallest absolute Gasteiger partial charge is 0.393 e. The molecular formula is C20H27F3O3. The van der Waals surface area contributed by atoms with E-state index in [-0.39, 0.29) is 41.8 Å². The number of ketones is 1. The molecular weight excluding hydrogens is 345 g/mol. The Bertz CT molecular complexity index is 672. The van der Waals surface area contributed by atoms with Crippen molar-refractivity contribution in [3.8, 4) is 0 Å². The van der Waals surface area contributed by atoms with Gasteiger partial charge in [0.15, 0.2) is 11.4 Å². The minimum atomic E-state index is -4.69. The third-order valence-corrected chi connectivity index (χ3v) is 8.52. The Morgan fingerprint density at radius 2 is 1.85 bits per heavy atom. The number of halogens is 3. The van der Waals surface area contributed by atoms with Crippen LogP contribution in [0, 0.1) is 28.6 Å². The standard InChI is InChI=1S/C20H27F3O3/c1-17-7-5-12(24)9-11(17)3-4-13-14-6-8-19(26,20(21,22)23)18(14,2)10-15(25)16(13)17/h9,13-16,25-26H,3-8,10H2,1-2H3/t13-,14-,15?,16-,17-,18-,19?/m0/s1. The third kappa shape index (κ3) is 2.12. The van der Waals surface area contributed by atoms with Crippen LogP contribution in [-0.4, -0.2) is 33.9 Å². The molecule has 146 valence electrons. The van der Waals surface area contributed by atoms with E-state index in [0.717, 1.165) is 5.57 Å². The summed E-state index contributed by atoms with van der Waals surface area (Å²) in [5.41, 5.74) is -3.35. The third-order valence-electron chi connectivity index (χ3n) is 8.52. The molecule has 4 aliphatic carbocycles. The van der Waals surface area contributed by atoms with Crippen LogP contribution in [-0.2, 0) is 4.79 Å². The van der Waals surface area contributed by atoms with Gasteiger partial charge in [-0.25, -0.2) is 0 Å². The molecule has 0 aromatic heterocycles. The molecule has 0 radical (unpaired) electrons. The van der Waals surface area contributed by atoms with Crippen molar-refractivity contribution in [2.24, 2.45) is 28.6 Å². The lowest BCUT2D eigenvalue weighted by atomic mass is 9.45. The predicted molar refractivity (Wildman–Crippen MR) is 89.1 cm³/mol. The van der Waals surface area contributed by atoms with E-state index < -0.39 is 23.3 Å². The van der Waals surface area contributed by atoms with Crippen LogP contribution >= 0.6 is 0 Å². The summed E-state index contributed by atoms with van der Waals surface area (Å²) in [5, 5.41) is 21.6. The molecule has 0 heterocycles. The number of aliphatic hydroxyl groups excluding tert-OH is 1. The van der Waals surface area contributed by atoms with Crippen molar-refractivity contribution < 1.29 is 28.2 Å². The van der Waals surface area contributed by atoms with Crippen molar-refractivity contribution >= 4 is 5.78 Å². The van der Waals surface area contributed by atoms with E-state index in [9.17, 15) is 28.2 Å². The van der Waals surface area contributed by atoms with Gasteiger partial charge < -0.3 is 10.2 Å². The molecule has 6 heteroatoms. The highest BCUT2D eigenvalue weighted by Gasteiger charge is 2.73. The van der Waals surface area contributed by atoms with Gasteiger partial charge in [0, 0.05) is 11.8 Å². The van der Waals surface area contributed by atoms with Crippen LogP contribution in [0.15, 0.2) is 11.6 Å². The van der Waals surface area contributed by atoms with Crippen LogP contribution < -0.4 is 0 Å². The lowest BCUT2D eigenvalue weighted by Gasteiger charge is -2.60. The van der Waals surface area contributed by atoms with Crippen molar-refractivity contribution in [2.75, 3.05) is 0 Å². The molecule has 0 saturated heterocycles. The van der Waals surface area contributed by atoms with Crippen molar-refractivity contribution in [3.05, 3.63) is 11.6 Å². The van der Waals surface area contributed by atoms with Gasteiger partial charge in [0.1, 0.15) is 0 Å². The van der Waals surface area contributed by atoms with Gasteiger partial charge in [0.2, 0.25) is 0 Å². The van der Waals surface area contributed by atoms with Gasteiger partial charge in [-0.3, -0.25) is 4.79 Å². The predicted octanol–water partition coefficient (Wildman–Crippen LogP) is 3.78. The lowest BCUT2D eigenvalue weighted by molar-refractivity contribution is -0.308. The number of rotatable bonds is 0. The summed E-state index contributed by atoms with van der Waals surface area (Å²) in [7, 11) is 0. The highest BCUT2D eigenvalue weighted by molar-refractivity contribution is 5.91. The molecule has 26 heavy (non-hydrogen) atoms. The average Bonchev–Trinajstić information content (AvgIpc) is 2.80. The molecule has 0 amide bonds. The lowest BCUT2D eigenvalue weighted by Crippen LogP contribution is -2.63. The summed E-state index contributed by atoms with van der Waals surface area (Å²) in [6, 6.07) is 0. The second kappa shape index (κ2) is 5.34. The maximum atomic E-state index is 13.7. The fourth-order valence-corrected chi connectivity index (χ4v) is 7.16. The molecule has 0 aliphatic heterocycles. The molecule has 0 aromatic rings. The highest BCUT2D eigenvalue weighted by Crippen LogP contribution is 2.69. The summed E-state index contributed by atoms with van der Waals surface area (Å²) >= 11 is 0. The Balaban J connectivity index is 1.75. The maximum Gasteiger partial charge on any atom is 0.417 e. The maximum absolute atomic E-state index is 13.7. The topological polar surface area (TPSA) is 57.5 Å². The van der Waals surface area contributed by atoms with Crippen molar-refractivity contribution in [3.63, 3.8) is 0 Å². The monoisotopic (exact) mass is 372 g/mol. The van der Waals surface area contributed by atoms with E-state index in [0.29, 0.717) is 32.1 Å². The molecule has 3 fully saturated rings. The zero-order valence-corrected chi connectivity index (χ0v) is 15.3. The molecule has 7 atom stereocenters. The Labute approximate surface area is 151 Å². The molecule has 0 aromatic carbocycles. The molecule has 0 spiro atoms. The van der Waals surface area contributed by atoms with Crippen LogP contribution in [0.2, 0.25) is 0 Å². The van der Waals surface area contributed by atoms with Gasteiger partial charge in [-0.15, -0.1) is 0 Å². The van der Waals surface area contributed by atoms with E-state index >= 15 is 0 Å². The second-order valence-electron chi connectivity index (χ2n) is 9.47. The number of aliphatic hydroxyl groups is 2. The van der Waals surface area contributed by atoms with Gasteiger partial charge >= 0.3 is 6.18 Å². The molecule has 2 unspecified atom stereocenters. The van der Waals surface area contributed by atoms with Crippen molar-refractivity contribution in [1.29, 1.82) is 0 Å². The minimum absolute atomic E-state index is 0.0361. The first-order valence-electron chi connectivity index (χ1n) is 9.65. The number of hydrogen-bond acceptors (Lipinski definition) is 3. The van der Waals surface area contributed by atoms with E-state index in [2.05, 4.69) is 6.92 Å². The molecule has 0 bridgehead atoms. The zero-order valence-electron chi connectivity index (χ0n) is 15.3. The molecule has 3 saturated carbocycles. The number of allylic oxidation sites excluding steroid dienone is 1. The van der Waals surface area contributed by atoms with Gasteiger partial charge in [0.25, 0.3) is 0 Å². The fraction of sp³-hybridized carbons (Fsp3) is 0.850. The van der Waals surface area contributed by atoms with Crippen LogP contribution in [0.4, 0.5) is 13.2 Å². The van der Waals surface area contributed by atoms with Gasteiger partial charge in [-0.1, -0.05) is 19.4 Å². The number of fused-ring (bicyclic) bond motifs is 5. The average molecular weight is 372 g/mol. The summed E-state index contributed by atoms with van der Waals surface area (Å²) in [6.45, 7) is 3.59. The first kappa shape index (κ1) is 18.5. The van der Waals surface area contributed by atoms with Crippen LogP contribution in [0.5, 0.6) is 0 Å². The quantitative estimate of drug-likeness (QED) is 0.680. The van der Waals surface area contributed by atoms with Gasteiger partial charge in [-0.05, 0) is 67.8 Å². The van der Waals surface area contributed by atoms with E-state index in [1.807, 2.05) is 0 Å². The summed E-state index contributed by atoms with van der Waals surface area (Å²) in [4.78, 5) is 11.8. The number of alkyl halides is 3. The number of carbonyl (C=O) groups excluding carboxylic acids is 1. The summed E-state index contributed by atoms with van der Waals surface area (Å²) in [6.07, 6.45) is -1.38. The Kier molecular flexibility index (Phi) is 3.80. The normalized spacial score (nSPS) is 51.3. The molecule has 3 nitrogen and oxygen atoms in total. The van der Waals surface area contributed by atoms with Crippen LogP contribution in [0.3, 0.4) is 0 Å². The highest BCUT2D eigenvalue weighted by atomic mass is 19.4. The minimum Gasteiger partial charge on any atom is -0.393 e. The summed E-state index contributed by atoms with van der Waals surface area (Å²) < 4.78 is 41.2. The van der Waals surface area contributed by atoms with Crippen LogP contribution in [0.25, 0.3) is 0 Å². The first-order chi connectivity index (χ1) is 11.9. The SMILES string of the molecule is C[C@]12CCC(=O)C=C1CC[C@@H]1[C@H]2C(O)C[C@@]2(C)[C@H]1CCC2(O)C(F)(F)F. The Morgan fingerprint density at radius 3 is 2.50 bits per heavy atom. The van der Waals surface area contributed by atoms with Crippen molar-refractivity contribution in [2.45, 2.75) is 76.7 Å². The molecule has 4 rings (SSSR count). The second-order valence-corrected chi connectivity index (χ2v) is 9.47. The zero-order chi connectivity index (χ0) is 19.1. The Morgan fingerprint density at radius 1 is 1.15 bits per heavy atom. The molecule has 2 N–H and O–H groups in total. The first-order valence-corrected chi connectivity index (χ1v) is 9.65. The molecule has 4 aliphatic rings. The van der Waals surface area contributed by atoms with E-state index in [1.54, 1.807) is 6.08 Å². The van der Waals surface area contributed by atoms with Crippen LogP contribution in [0.1, 0.15) is 58.8 Å². The van der Waals surface area contributed by atoms with E-state index in [4.69, 9.17) is 0 Å². The number of hydrogen-bond donors (Lipinski definition) is 2. The van der Waals surface area contributed by atoms with Gasteiger partial charge in [-0.2, -0.15) is 13.2 Å².